The molecule has 1 aliphatic rings. The zero-order chi connectivity index (χ0) is 20.5. The second-order valence-corrected chi connectivity index (χ2v) is 7.36. The molecule has 1 fully saturated rings. The number of anilines is 3. The fourth-order valence-corrected chi connectivity index (χ4v) is 3.70. The Morgan fingerprint density at radius 3 is 2.53 bits per heavy atom. The number of fused-ring (bicyclic) bond motifs is 1. The van der Waals surface area contributed by atoms with E-state index in [1.807, 2.05) is 41.8 Å². The van der Waals surface area contributed by atoms with Crippen LogP contribution in [0.15, 0.2) is 60.8 Å². The summed E-state index contributed by atoms with van der Waals surface area (Å²) in [5, 5.41) is 3.47. The molecule has 0 bridgehead atoms. The highest BCUT2D eigenvalue weighted by Gasteiger charge is 2.17. The first-order chi connectivity index (χ1) is 14.7. The third-order valence-electron chi connectivity index (χ3n) is 5.23. The number of nitrogens with zero attached hydrogens (tertiary/aromatic N) is 4. The van der Waals surface area contributed by atoms with Crippen molar-refractivity contribution in [3.63, 3.8) is 0 Å². The Morgan fingerprint density at radius 1 is 0.967 bits per heavy atom. The summed E-state index contributed by atoms with van der Waals surface area (Å²) >= 11 is 0. The lowest BCUT2D eigenvalue weighted by Crippen LogP contribution is -2.36. The van der Waals surface area contributed by atoms with Gasteiger partial charge in [0.15, 0.2) is 0 Å². The lowest BCUT2D eigenvalue weighted by atomic mass is 10.2. The minimum absolute atomic E-state index is 0.490. The van der Waals surface area contributed by atoms with Crippen molar-refractivity contribution in [2.75, 3.05) is 36.5 Å². The largest absolute Gasteiger partial charge is 0.378 e. The molecule has 4 aromatic rings. The molecule has 0 saturated carbocycles. The first-order valence-electron chi connectivity index (χ1n) is 9.99. The molecule has 0 amide bonds. The van der Waals surface area contributed by atoms with Crippen LogP contribution >= 0.6 is 0 Å². The van der Waals surface area contributed by atoms with E-state index in [4.69, 9.17) is 9.72 Å². The van der Waals surface area contributed by atoms with Gasteiger partial charge in [-0.25, -0.2) is 9.97 Å². The number of nitrogens with one attached hydrogen (secondary N) is 1. The summed E-state index contributed by atoms with van der Waals surface area (Å²) in [6.45, 7) is 5.33. The molecule has 3 aromatic heterocycles. The number of aromatic nitrogens is 3. The molecule has 0 spiro atoms. The topological polar surface area (TPSA) is 54.7 Å². The number of halogens is 1. The Balaban J connectivity index is 1.53. The van der Waals surface area contributed by atoms with E-state index in [1.54, 1.807) is 12.1 Å². The van der Waals surface area contributed by atoms with Crippen LogP contribution in [0.5, 0.6) is 0 Å². The van der Waals surface area contributed by atoms with E-state index in [-0.39, 0.29) is 0 Å². The number of aryl methyl sites for hydroxylation is 1. The van der Waals surface area contributed by atoms with Gasteiger partial charge >= 0.3 is 0 Å². The van der Waals surface area contributed by atoms with Crippen LogP contribution in [0.2, 0.25) is 0 Å². The molecule has 0 radical (unpaired) electrons. The highest BCUT2D eigenvalue weighted by Crippen LogP contribution is 2.31. The van der Waals surface area contributed by atoms with Crippen molar-refractivity contribution < 1.29 is 9.13 Å². The van der Waals surface area contributed by atoms with Gasteiger partial charge in [-0.1, -0.05) is 12.1 Å². The molecule has 1 N–H and O–H groups in total. The zero-order valence-electron chi connectivity index (χ0n) is 16.7. The molecule has 1 aliphatic heterocycles. The SMILES string of the molecule is Cc1ccc2nc(-c3cccc(F)n3)c(Nc3ccc(N4CCOCC4)cc3)n2c1. The molecule has 30 heavy (non-hydrogen) atoms. The number of ether oxygens (including phenoxy) is 1. The van der Waals surface area contributed by atoms with Gasteiger partial charge in [-0.05, 0) is 55.0 Å². The maximum Gasteiger partial charge on any atom is 0.213 e. The maximum atomic E-state index is 13.8. The Bertz CT molecular complexity index is 1180. The van der Waals surface area contributed by atoms with E-state index in [9.17, 15) is 4.39 Å². The van der Waals surface area contributed by atoms with Crippen LogP contribution < -0.4 is 10.2 Å². The van der Waals surface area contributed by atoms with E-state index in [0.29, 0.717) is 11.4 Å². The lowest BCUT2D eigenvalue weighted by Gasteiger charge is -2.28. The van der Waals surface area contributed by atoms with Crippen molar-refractivity contribution >= 4 is 22.8 Å². The van der Waals surface area contributed by atoms with E-state index >= 15 is 0 Å². The van der Waals surface area contributed by atoms with Gasteiger partial charge in [0.1, 0.15) is 17.2 Å². The molecule has 1 aromatic carbocycles. The third kappa shape index (κ3) is 3.59. The fraction of sp³-hybridized carbons (Fsp3) is 0.217. The molecule has 152 valence electrons. The fourth-order valence-electron chi connectivity index (χ4n) is 3.70. The first kappa shape index (κ1) is 18.6. The van der Waals surface area contributed by atoms with Crippen LogP contribution in [0.25, 0.3) is 17.0 Å². The number of imidazole rings is 1. The van der Waals surface area contributed by atoms with Crippen molar-refractivity contribution in [2.45, 2.75) is 6.92 Å². The molecule has 1 saturated heterocycles. The average molecular weight is 403 g/mol. The van der Waals surface area contributed by atoms with Crippen molar-refractivity contribution in [2.24, 2.45) is 0 Å². The second-order valence-electron chi connectivity index (χ2n) is 7.36. The number of hydrogen-bond donors (Lipinski definition) is 1. The van der Waals surface area contributed by atoms with Crippen LogP contribution in [0.4, 0.5) is 21.6 Å². The van der Waals surface area contributed by atoms with Crippen LogP contribution in [0.3, 0.4) is 0 Å². The summed E-state index contributed by atoms with van der Waals surface area (Å²) in [5.41, 5.74) is 5.07. The Labute approximate surface area is 174 Å². The number of benzene rings is 1. The van der Waals surface area contributed by atoms with Crippen molar-refractivity contribution in [3.05, 3.63) is 72.3 Å². The van der Waals surface area contributed by atoms with Crippen molar-refractivity contribution in [1.29, 1.82) is 0 Å². The number of pyridine rings is 2. The Kier molecular flexibility index (Phi) is 4.80. The van der Waals surface area contributed by atoms with Crippen LogP contribution in [-0.2, 0) is 4.74 Å². The Hall–Kier alpha value is -3.45. The van der Waals surface area contributed by atoms with Gasteiger partial charge in [-0.2, -0.15) is 4.39 Å². The third-order valence-corrected chi connectivity index (χ3v) is 5.23. The molecule has 7 heteroatoms. The number of morpholine rings is 1. The summed E-state index contributed by atoms with van der Waals surface area (Å²) in [6, 6.07) is 17.0. The van der Waals surface area contributed by atoms with Crippen molar-refractivity contribution in [3.8, 4) is 11.4 Å². The van der Waals surface area contributed by atoms with Crippen LogP contribution in [0.1, 0.15) is 5.56 Å². The minimum atomic E-state index is -0.526. The standard InChI is InChI=1S/C23H22FN5O/c1-16-5-10-21-27-22(19-3-2-4-20(24)26-19)23(29(21)15-16)25-17-6-8-18(9-7-17)28-11-13-30-14-12-28/h2-10,15,25H,11-14H2,1H3. The number of hydrogen-bond acceptors (Lipinski definition) is 5. The predicted molar refractivity (Wildman–Crippen MR) is 116 cm³/mol. The molecule has 0 aliphatic carbocycles. The average Bonchev–Trinajstić information content (AvgIpc) is 3.12. The van der Waals surface area contributed by atoms with Gasteiger partial charge in [-0.3, -0.25) is 4.40 Å². The van der Waals surface area contributed by atoms with Gasteiger partial charge in [0, 0.05) is 30.7 Å². The van der Waals surface area contributed by atoms with E-state index in [1.165, 1.54) is 11.8 Å². The van der Waals surface area contributed by atoms with E-state index < -0.39 is 5.95 Å². The minimum Gasteiger partial charge on any atom is -0.378 e. The van der Waals surface area contributed by atoms with E-state index in [2.05, 4.69) is 27.3 Å². The highest BCUT2D eigenvalue weighted by molar-refractivity contribution is 5.78. The predicted octanol–water partition coefficient (Wildman–Crippen LogP) is 4.42. The molecule has 0 atom stereocenters. The summed E-state index contributed by atoms with van der Waals surface area (Å²) in [7, 11) is 0. The quantitative estimate of drug-likeness (QED) is 0.511. The van der Waals surface area contributed by atoms with Crippen molar-refractivity contribution in [1.82, 2.24) is 14.4 Å². The summed E-state index contributed by atoms with van der Waals surface area (Å²) in [6.07, 6.45) is 2.01. The van der Waals surface area contributed by atoms with E-state index in [0.717, 1.165) is 49.0 Å². The summed E-state index contributed by atoms with van der Waals surface area (Å²) < 4.78 is 21.2. The molecule has 5 rings (SSSR count). The second kappa shape index (κ2) is 7.76. The van der Waals surface area contributed by atoms with Gasteiger partial charge in [0.05, 0.1) is 18.9 Å². The normalized spacial score (nSPS) is 14.3. The van der Waals surface area contributed by atoms with Crippen LogP contribution in [0, 0.1) is 12.9 Å². The summed E-state index contributed by atoms with van der Waals surface area (Å²) in [4.78, 5) is 11.1. The molecular weight excluding hydrogens is 381 g/mol. The first-order valence-corrected chi connectivity index (χ1v) is 9.99. The monoisotopic (exact) mass is 403 g/mol. The van der Waals surface area contributed by atoms with Gasteiger partial charge < -0.3 is 15.0 Å². The maximum absolute atomic E-state index is 13.8. The lowest BCUT2D eigenvalue weighted by molar-refractivity contribution is 0.122. The number of rotatable bonds is 4. The molecule has 0 unspecified atom stereocenters. The molecular formula is C23H22FN5O. The van der Waals surface area contributed by atoms with Gasteiger partial charge in [0.25, 0.3) is 0 Å². The molecule has 4 heterocycles. The van der Waals surface area contributed by atoms with Gasteiger partial charge in [0.2, 0.25) is 5.95 Å². The Morgan fingerprint density at radius 2 is 1.77 bits per heavy atom. The summed E-state index contributed by atoms with van der Waals surface area (Å²) in [5.74, 6) is 0.229. The van der Waals surface area contributed by atoms with Crippen LogP contribution in [-0.4, -0.2) is 40.7 Å². The highest BCUT2D eigenvalue weighted by atomic mass is 19.1. The zero-order valence-corrected chi connectivity index (χ0v) is 16.7. The smallest absolute Gasteiger partial charge is 0.213 e. The van der Waals surface area contributed by atoms with Gasteiger partial charge in [-0.15, -0.1) is 0 Å². The molecule has 6 nitrogen and oxygen atoms in total.